The van der Waals surface area contributed by atoms with Crippen molar-refractivity contribution in [1.82, 2.24) is 9.55 Å². The molecule has 0 aliphatic heterocycles. The lowest BCUT2D eigenvalue weighted by molar-refractivity contribution is 0.617. The molecule has 1 aromatic heterocycles. The van der Waals surface area contributed by atoms with Gasteiger partial charge in [0.05, 0.1) is 16.7 Å². The third-order valence-electron chi connectivity index (χ3n) is 3.10. The van der Waals surface area contributed by atoms with Crippen LogP contribution in [0.1, 0.15) is 5.82 Å². The molecule has 0 fully saturated rings. The number of halogens is 3. The summed E-state index contributed by atoms with van der Waals surface area (Å²) in [5.41, 5.74) is 2.05. The average Bonchev–Trinajstić information content (AvgIpc) is 2.80. The van der Waals surface area contributed by atoms with Crippen molar-refractivity contribution in [2.24, 2.45) is 0 Å². The molecular weight excluding hydrogens is 298 g/mol. The Labute approximate surface area is 125 Å². The number of rotatable bonds is 3. The fraction of sp³-hybridized carbons (Fsp3) is 0.133. The van der Waals surface area contributed by atoms with Gasteiger partial charge in [-0.25, -0.2) is 9.37 Å². The number of aryl methyl sites for hydroxylation is 1. The summed E-state index contributed by atoms with van der Waals surface area (Å²) >= 11 is 11.8. The number of aromatic nitrogens is 2. The maximum absolute atomic E-state index is 14.1. The zero-order valence-electron chi connectivity index (χ0n) is 10.5. The highest BCUT2D eigenvalue weighted by Crippen LogP contribution is 2.26. The van der Waals surface area contributed by atoms with Crippen molar-refractivity contribution in [3.63, 3.8) is 0 Å². The molecule has 5 heteroatoms. The molecule has 3 aromatic rings. The first-order valence-corrected chi connectivity index (χ1v) is 7.09. The monoisotopic (exact) mass is 308 g/mol. The average molecular weight is 309 g/mol. The summed E-state index contributed by atoms with van der Waals surface area (Å²) in [6.07, 6.45) is 0.558. The topological polar surface area (TPSA) is 17.8 Å². The fourth-order valence-electron chi connectivity index (χ4n) is 2.25. The van der Waals surface area contributed by atoms with E-state index in [1.54, 1.807) is 10.6 Å². The van der Waals surface area contributed by atoms with Crippen LogP contribution in [-0.4, -0.2) is 15.4 Å². The maximum atomic E-state index is 14.1. The maximum Gasteiger partial charge on any atom is 0.147 e. The quantitative estimate of drug-likeness (QED) is 0.647. The third kappa shape index (κ3) is 2.28. The van der Waals surface area contributed by atoms with E-state index in [1.807, 2.05) is 24.3 Å². The summed E-state index contributed by atoms with van der Waals surface area (Å²) in [4.78, 5) is 4.52. The van der Waals surface area contributed by atoms with Gasteiger partial charge in [-0.1, -0.05) is 23.7 Å². The van der Waals surface area contributed by atoms with Crippen molar-refractivity contribution < 1.29 is 4.39 Å². The molecule has 0 N–H and O–H groups in total. The van der Waals surface area contributed by atoms with Gasteiger partial charge in [-0.2, -0.15) is 0 Å². The van der Waals surface area contributed by atoms with E-state index in [1.165, 1.54) is 12.1 Å². The van der Waals surface area contributed by atoms with Gasteiger partial charge in [0.2, 0.25) is 0 Å². The summed E-state index contributed by atoms with van der Waals surface area (Å²) in [6, 6.07) is 12.1. The number of fused-ring (bicyclic) bond motifs is 1. The smallest absolute Gasteiger partial charge is 0.147 e. The number of nitrogens with zero attached hydrogens (tertiary/aromatic N) is 2. The predicted molar refractivity (Wildman–Crippen MR) is 80.5 cm³/mol. The van der Waals surface area contributed by atoms with Gasteiger partial charge >= 0.3 is 0 Å². The minimum absolute atomic E-state index is 0.339. The van der Waals surface area contributed by atoms with E-state index in [0.717, 1.165) is 16.9 Å². The lowest BCUT2D eigenvalue weighted by Crippen LogP contribution is -2.04. The van der Waals surface area contributed by atoms with Gasteiger partial charge in [0.1, 0.15) is 11.6 Å². The summed E-state index contributed by atoms with van der Waals surface area (Å²) in [5, 5.41) is 0.482. The molecule has 0 spiro atoms. The first kappa shape index (κ1) is 13.4. The highest BCUT2D eigenvalue weighted by molar-refractivity contribution is 6.30. The molecule has 0 unspecified atom stereocenters. The minimum atomic E-state index is -0.339. The van der Waals surface area contributed by atoms with Crippen molar-refractivity contribution in [1.29, 1.82) is 0 Å². The number of benzene rings is 2. The van der Waals surface area contributed by atoms with Gasteiger partial charge in [0.25, 0.3) is 0 Å². The molecule has 2 aromatic carbocycles. The third-order valence-corrected chi connectivity index (χ3v) is 3.52. The second-order valence-corrected chi connectivity index (χ2v) is 5.20. The van der Waals surface area contributed by atoms with Crippen LogP contribution in [-0.2, 0) is 6.42 Å². The Bertz CT molecular complexity index is 768. The number of para-hydroxylation sites is 2. The highest BCUT2D eigenvalue weighted by atomic mass is 35.5. The zero-order valence-corrected chi connectivity index (χ0v) is 12.0. The summed E-state index contributed by atoms with van der Waals surface area (Å²) < 4.78 is 15.9. The van der Waals surface area contributed by atoms with Crippen molar-refractivity contribution in [3.05, 3.63) is 59.1 Å². The van der Waals surface area contributed by atoms with E-state index in [9.17, 15) is 4.39 Å². The molecule has 1 heterocycles. The second kappa shape index (κ2) is 5.43. The molecule has 0 bridgehead atoms. The Kier molecular flexibility index (Phi) is 3.64. The Balaban J connectivity index is 2.33. The van der Waals surface area contributed by atoms with Crippen molar-refractivity contribution in [2.45, 2.75) is 6.42 Å². The highest BCUT2D eigenvalue weighted by Gasteiger charge is 2.15. The molecule has 20 heavy (non-hydrogen) atoms. The first-order chi connectivity index (χ1) is 9.70. The molecule has 0 aliphatic rings. The molecule has 0 saturated carbocycles. The van der Waals surface area contributed by atoms with E-state index >= 15 is 0 Å². The largest absolute Gasteiger partial charge is 0.293 e. The second-order valence-electron chi connectivity index (χ2n) is 4.39. The minimum Gasteiger partial charge on any atom is -0.293 e. The molecule has 3 rings (SSSR count). The van der Waals surface area contributed by atoms with Gasteiger partial charge in [-0.05, 0) is 30.3 Å². The number of alkyl halides is 1. The number of hydrogen-bond donors (Lipinski definition) is 0. The van der Waals surface area contributed by atoms with Crippen LogP contribution in [0, 0.1) is 5.82 Å². The lowest BCUT2D eigenvalue weighted by Gasteiger charge is -2.10. The SMILES string of the molecule is Fc1ccc(Cl)cc1-n1c(CCCl)nc2ccccc21. The zero-order chi connectivity index (χ0) is 14.1. The number of hydrogen-bond acceptors (Lipinski definition) is 1. The van der Waals surface area contributed by atoms with Gasteiger partial charge in [0.15, 0.2) is 0 Å². The lowest BCUT2D eigenvalue weighted by atomic mass is 10.2. The van der Waals surface area contributed by atoms with Crippen molar-refractivity contribution in [2.75, 3.05) is 5.88 Å². The van der Waals surface area contributed by atoms with Gasteiger partial charge in [-0.3, -0.25) is 4.57 Å². The van der Waals surface area contributed by atoms with Crippen LogP contribution < -0.4 is 0 Å². The van der Waals surface area contributed by atoms with Crippen LogP contribution in [0.2, 0.25) is 5.02 Å². The van der Waals surface area contributed by atoms with Crippen LogP contribution in [0.3, 0.4) is 0 Å². The summed E-state index contributed by atoms with van der Waals surface area (Å²) in [6.45, 7) is 0. The van der Waals surface area contributed by atoms with Crippen molar-refractivity contribution in [3.8, 4) is 5.69 Å². The summed E-state index contributed by atoms with van der Waals surface area (Å²) in [7, 11) is 0. The van der Waals surface area contributed by atoms with E-state index in [4.69, 9.17) is 23.2 Å². The molecular formula is C15H11Cl2FN2. The summed E-state index contributed by atoms with van der Waals surface area (Å²) in [5.74, 6) is 0.807. The first-order valence-electron chi connectivity index (χ1n) is 6.18. The standard InChI is InChI=1S/C15H11Cl2FN2/c16-8-7-15-19-12-3-1-2-4-13(12)20(15)14-9-10(17)5-6-11(14)18/h1-6,9H,7-8H2. The molecule has 2 nitrogen and oxygen atoms in total. The van der Waals surface area contributed by atoms with Crippen molar-refractivity contribution >= 4 is 34.2 Å². The Hall–Kier alpha value is -1.58. The van der Waals surface area contributed by atoms with E-state index in [0.29, 0.717) is 23.0 Å². The van der Waals surface area contributed by atoms with Crippen LogP contribution in [0.4, 0.5) is 4.39 Å². The Morgan fingerprint density at radius 1 is 1.15 bits per heavy atom. The Morgan fingerprint density at radius 2 is 1.95 bits per heavy atom. The number of imidazole rings is 1. The molecule has 102 valence electrons. The van der Waals surface area contributed by atoms with Gasteiger partial charge < -0.3 is 0 Å². The Morgan fingerprint density at radius 3 is 2.75 bits per heavy atom. The van der Waals surface area contributed by atoms with Crippen LogP contribution >= 0.6 is 23.2 Å². The molecule has 0 atom stereocenters. The van der Waals surface area contributed by atoms with Crippen LogP contribution in [0.25, 0.3) is 16.7 Å². The van der Waals surface area contributed by atoms with Crippen LogP contribution in [0.5, 0.6) is 0 Å². The molecule has 0 amide bonds. The predicted octanol–water partition coefficient (Wildman–Crippen LogP) is 4.60. The normalized spacial score (nSPS) is 11.2. The van der Waals surface area contributed by atoms with E-state index in [2.05, 4.69) is 4.98 Å². The molecule has 0 aliphatic carbocycles. The fourth-order valence-corrected chi connectivity index (χ4v) is 2.59. The molecule has 0 radical (unpaired) electrons. The van der Waals surface area contributed by atoms with Crippen LogP contribution in [0.15, 0.2) is 42.5 Å². The van der Waals surface area contributed by atoms with E-state index < -0.39 is 0 Å². The van der Waals surface area contributed by atoms with Gasteiger partial charge in [0, 0.05) is 17.3 Å². The van der Waals surface area contributed by atoms with E-state index in [-0.39, 0.29) is 5.82 Å². The van der Waals surface area contributed by atoms with Gasteiger partial charge in [-0.15, -0.1) is 11.6 Å². The molecule has 0 saturated heterocycles.